The summed E-state index contributed by atoms with van der Waals surface area (Å²) < 4.78 is 1.02. The molecular formula is C14H18BrN. The van der Waals surface area contributed by atoms with E-state index in [9.17, 15) is 0 Å². The van der Waals surface area contributed by atoms with E-state index in [4.69, 9.17) is 0 Å². The number of nitrogens with zero attached hydrogens (tertiary/aromatic N) is 1. The highest BCUT2D eigenvalue weighted by Gasteiger charge is 2.05. The van der Waals surface area contributed by atoms with Crippen LogP contribution in [0.1, 0.15) is 12.0 Å². The summed E-state index contributed by atoms with van der Waals surface area (Å²) in [6, 6.07) is 10.5. The van der Waals surface area contributed by atoms with Crippen molar-refractivity contribution in [2.45, 2.75) is 13.0 Å². The average Bonchev–Trinajstić information content (AvgIpc) is 2.26. The molecule has 2 heteroatoms. The number of hydrogen-bond acceptors (Lipinski definition) is 1. The van der Waals surface area contributed by atoms with Gasteiger partial charge in [-0.1, -0.05) is 58.9 Å². The van der Waals surface area contributed by atoms with Gasteiger partial charge in [0.05, 0.1) is 0 Å². The number of benzene rings is 1. The molecule has 86 valence electrons. The van der Waals surface area contributed by atoms with Gasteiger partial charge in [-0.3, -0.25) is 4.90 Å². The molecule has 0 atom stereocenters. The Hall–Kier alpha value is -0.860. The molecule has 0 fully saturated rings. The Morgan fingerprint density at radius 2 is 2.00 bits per heavy atom. The average molecular weight is 280 g/mol. The van der Waals surface area contributed by atoms with E-state index in [2.05, 4.69) is 58.3 Å². The predicted molar refractivity (Wildman–Crippen MR) is 74.6 cm³/mol. The predicted octanol–water partition coefficient (Wildman–Crippen LogP) is 3.97. The van der Waals surface area contributed by atoms with Gasteiger partial charge in [-0.15, -0.1) is 6.58 Å². The first-order valence-electron chi connectivity index (χ1n) is 5.43. The summed E-state index contributed by atoms with van der Waals surface area (Å²) >= 11 is 3.42. The summed E-state index contributed by atoms with van der Waals surface area (Å²) in [5, 5.41) is 0. The van der Waals surface area contributed by atoms with Crippen LogP contribution in [-0.4, -0.2) is 18.0 Å². The number of hydrogen-bond donors (Lipinski definition) is 0. The molecule has 0 aliphatic rings. The molecule has 0 unspecified atom stereocenters. The lowest BCUT2D eigenvalue weighted by Crippen LogP contribution is -2.25. The molecule has 0 radical (unpaired) electrons. The Bertz CT molecular complexity index is 332. The van der Waals surface area contributed by atoms with Crippen LogP contribution in [0.2, 0.25) is 0 Å². The lowest BCUT2D eigenvalue weighted by molar-refractivity contribution is 0.299. The first kappa shape index (κ1) is 13.2. The van der Waals surface area contributed by atoms with Crippen LogP contribution >= 0.6 is 15.9 Å². The Kier molecular flexibility index (Phi) is 6.12. The van der Waals surface area contributed by atoms with E-state index in [0.29, 0.717) is 0 Å². The van der Waals surface area contributed by atoms with Crippen molar-refractivity contribution < 1.29 is 0 Å². The summed E-state index contributed by atoms with van der Waals surface area (Å²) in [4.78, 5) is 2.36. The fraction of sp³-hybridized carbons (Fsp3) is 0.286. The van der Waals surface area contributed by atoms with Gasteiger partial charge < -0.3 is 0 Å². The van der Waals surface area contributed by atoms with E-state index >= 15 is 0 Å². The van der Waals surface area contributed by atoms with Gasteiger partial charge in [0, 0.05) is 24.1 Å². The van der Waals surface area contributed by atoms with Crippen LogP contribution in [0, 0.1) is 0 Å². The molecule has 0 aliphatic carbocycles. The third-order valence-corrected chi connectivity index (χ3v) is 2.54. The third kappa shape index (κ3) is 5.29. The van der Waals surface area contributed by atoms with Crippen LogP contribution in [0.4, 0.5) is 0 Å². The Morgan fingerprint density at radius 1 is 1.31 bits per heavy atom. The first-order chi connectivity index (χ1) is 7.72. The van der Waals surface area contributed by atoms with E-state index in [-0.39, 0.29) is 0 Å². The number of halogens is 1. The highest BCUT2D eigenvalue weighted by molar-refractivity contribution is 9.11. The molecule has 0 aliphatic heterocycles. The zero-order valence-corrected chi connectivity index (χ0v) is 11.1. The van der Waals surface area contributed by atoms with Gasteiger partial charge in [0.15, 0.2) is 0 Å². The standard InChI is InChI=1S/C14H18BrN/c1-3-4-10-16(11-13(2)15)12-14-8-6-5-7-9-14/h3,5-9H,1-2,4,10-12H2. The lowest BCUT2D eigenvalue weighted by Gasteiger charge is -2.21. The Labute approximate surface area is 107 Å². The molecule has 1 nitrogen and oxygen atoms in total. The maximum atomic E-state index is 3.89. The van der Waals surface area contributed by atoms with Gasteiger partial charge in [-0.05, 0) is 12.0 Å². The van der Waals surface area contributed by atoms with Crippen LogP contribution in [0.5, 0.6) is 0 Å². The highest BCUT2D eigenvalue weighted by atomic mass is 79.9. The molecule has 0 aromatic heterocycles. The maximum absolute atomic E-state index is 3.89. The molecule has 0 saturated heterocycles. The SMILES string of the molecule is C=CCCN(CC(=C)Br)Cc1ccccc1. The zero-order chi connectivity index (χ0) is 11.8. The van der Waals surface area contributed by atoms with Gasteiger partial charge in [0.1, 0.15) is 0 Å². The van der Waals surface area contributed by atoms with Crippen molar-refractivity contribution >= 4 is 15.9 Å². The monoisotopic (exact) mass is 279 g/mol. The Balaban J connectivity index is 2.55. The van der Waals surface area contributed by atoms with Gasteiger partial charge in [0.25, 0.3) is 0 Å². The molecule has 0 bridgehead atoms. The normalized spacial score (nSPS) is 10.4. The van der Waals surface area contributed by atoms with Crippen molar-refractivity contribution in [2.75, 3.05) is 13.1 Å². The summed E-state index contributed by atoms with van der Waals surface area (Å²) in [5.41, 5.74) is 1.33. The molecule has 1 aromatic rings. The zero-order valence-electron chi connectivity index (χ0n) is 9.53. The largest absolute Gasteiger partial charge is 0.294 e. The van der Waals surface area contributed by atoms with Crippen LogP contribution in [0.3, 0.4) is 0 Å². The van der Waals surface area contributed by atoms with E-state index in [1.165, 1.54) is 5.56 Å². The van der Waals surface area contributed by atoms with Gasteiger partial charge in [0.2, 0.25) is 0 Å². The van der Waals surface area contributed by atoms with Crippen molar-refractivity contribution in [3.8, 4) is 0 Å². The molecule has 0 heterocycles. The molecule has 1 aromatic carbocycles. The summed E-state index contributed by atoms with van der Waals surface area (Å²) in [6.45, 7) is 10.5. The molecular weight excluding hydrogens is 262 g/mol. The van der Waals surface area contributed by atoms with Crippen LogP contribution in [0.25, 0.3) is 0 Å². The van der Waals surface area contributed by atoms with E-state index < -0.39 is 0 Å². The minimum atomic E-state index is 0.878. The quantitative estimate of drug-likeness (QED) is 0.683. The summed E-state index contributed by atoms with van der Waals surface area (Å²) in [6.07, 6.45) is 2.96. The molecule has 0 N–H and O–H groups in total. The number of rotatable bonds is 7. The van der Waals surface area contributed by atoms with E-state index in [1.807, 2.05) is 12.1 Å². The van der Waals surface area contributed by atoms with Gasteiger partial charge in [-0.2, -0.15) is 0 Å². The summed E-state index contributed by atoms with van der Waals surface area (Å²) in [5.74, 6) is 0. The van der Waals surface area contributed by atoms with E-state index in [1.54, 1.807) is 0 Å². The maximum Gasteiger partial charge on any atom is 0.0297 e. The van der Waals surface area contributed by atoms with Crippen molar-refractivity contribution in [2.24, 2.45) is 0 Å². The lowest BCUT2D eigenvalue weighted by atomic mass is 10.2. The molecule has 0 spiro atoms. The van der Waals surface area contributed by atoms with Crippen molar-refractivity contribution in [1.82, 2.24) is 4.90 Å². The van der Waals surface area contributed by atoms with Crippen LogP contribution in [-0.2, 0) is 6.54 Å². The van der Waals surface area contributed by atoms with Crippen molar-refractivity contribution in [1.29, 1.82) is 0 Å². The van der Waals surface area contributed by atoms with Gasteiger partial charge in [-0.25, -0.2) is 0 Å². The molecule has 0 saturated carbocycles. The second-order valence-electron chi connectivity index (χ2n) is 3.79. The second-order valence-corrected chi connectivity index (χ2v) is 4.91. The van der Waals surface area contributed by atoms with Crippen molar-refractivity contribution in [3.63, 3.8) is 0 Å². The van der Waals surface area contributed by atoms with E-state index in [0.717, 1.165) is 30.5 Å². The highest BCUT2D eigenvalue weighted by Crippen LogP contribution is 2.10. The summed E-state index contributed by atoms with van der Waals surface area (Å²) in [7, 11) is 0. The van der Waals surface area contributed by atoms with Crippen LogP contribution in [0.15, 0.2) is 54.0 Å². The van der Waals surface area contributed by atoms with Gasteiger partial charge >= 0.3 is 0 Å². The van der Waals surface area contributed by atoms with Crippen molar-refractivity contribution in [3.05, 3.63) is 59.6 Å². The molecule has 1 rings (SSSR count). The molecule has 16 heavy (non-hydrogen) atoms. The Morgan fingerprint density at radius 3 is 2.56 bits per heavy atom. The van der Waals surface area contributed by atoms with Crippen LogP contribution < -0.4 is 0 Å². The fourth-order valence-electron chi connectivity index (χ4n) is 1.57. The fourth-order valence-corrected chi connectivity index (χ4v) is 1.93. The smallest absolute Gasteiger partial charge is 0.0297 e. The topological polar surface area (TPSA) is 3.24 Å². The first-order valence-corrected chi connectivity index (χ1v) is 6.22. The molecule has 0 amide bonds. The second kappa shape index (κ2) is 7.42. The minimum absolute atomic E-state index is 0.878. The minimum Gasteiger partial charge on any atom is -0.294 e. The third-order valence-electron chi connectivity index (χ3n) is 2.29.